The molecule has 2 amide bonds. The quantitative estimate of drug-likeness (QED) is 0.140. The number of nitrogens with one attached hydrogen (secondary N) is 2. The predicted molar refractivity (Wildman–Crippen MR) is 148 cm³/mol. The molecule has 0 saturated carbocycles. The van der Waals surface area contributed by atoms with Gasteiger partial charge >= 0.3 is 0 Å². The van der Waals surface area contributed by atoms with Gasteiger partial charge < -0.3 is 20.1 Å². The minimum absolute atomic E-state index is 0.100. The zero-order valence-electron chi connectivity index (χ0n) is 21.4. The molecule has 0 saturated heterocycles. The number of hydrogen-bond acceptors (Lipinski definition) is 7. The fraction of sp³-hybridized carbons (Fsp3) is 0.179. The Bertz CT molecular complexity index is 1500. The van der Waals surface area contributed by atoms with Crippen LogP contribution in [0.5, 0.6) is 11.5 Å². The van der Waals surface area contributed by atoms with E-state index >= 15 is 0 Å². The van der Waals surface area contributed by atoms with Crippen molar-refractivity contribution < 1.29 is 24.0 Å². The monoisotopic (exact) mass is 548 g/mol. The van der Waals surface area contributed by atoms with Crippen molar-refractivity contribution in [1.82, 2.24) is 0 Å². The first-order valence-corrected chi connectivity index (χ1v) is 12.1. The molecule has 0 aliphatic heterocycles. The Morgan fingerprint density at radius 1 is 1.10 bits per heavy atom. The molecule has 0 aromatic heterocycles. The number of benzene rings is 3. The lowest BCUT2D eigenvalue weighted by atomic mass is 10.1. The molecule has 0 radical (unpaired) electrons. The smallest absolute Gasteiger partial charge is 0.271 e. The van der Waals surface area contributed by atoms with E-state index in [0.717, 1.165) is 11.1 Å². The highest BCUT2D eigenvalue weighted by molar-refractivity contribution is 6.32. The van der Waals surface area contributed by atoms with Crippen molar-refractivity contribution in [1.29, 1.82) is 5.26 Å². The van der Waals surface area contributed by atoms with Crippen molar-refractivity contribution in [2.45, 2.75) is 20.8 Å². The van der Waals surface area contributed by atoms with Gasteiger partial charge in [0.1, 0.15) is 11.6 Å². The van der Waals surface area contributed by atoms with E-state index in [9.17, 15) is 25.0 Å². The molecule has 10 nitrogen and oxygen atoms in total. The van der Waals surface area contributed by atoms with Crippen LogP contribution in [0, 0.1) is 35.3 Å². The number of halogens is 1. The van der Waals surface area contributed by atoms with Crippen molar-refractivity contribution in [3.05, 3.63) is 92.0 Å². The second-order valence-electron chi connectivity index (χ2n) is 8.28. The highest BCUT2D eigenvalue weighted by Crippen LogP contribution is 2.37. The number of carbonyl (C=O) groups is 2. The third-order valence-corrected chi connectivity index (χ3v) is 5.83. The summed E-state index contributed by atoms with van der Waals surface area (Å²) < 4.78 is 11.3. The lowest BCUT2D eigenvalue weighted by Gasteiger charge is -2.15. The second-order valence-corrected chi connectivity index (χ2v) is 8.69. The van der Waals surface area contributed by atoms with E-state index in [0.29, 0.717) is 11.3 Å². The van der Waals surface area contributed by atoms with E-state index in [1.54, 1.807) is 13.0 Å². The van der Waals surface area contributed by atoms with Crippen LogP contribution in [0.2, 0.25) is 5.02 Å². The summed E-state index contributed by atoms with van der Waals surface area (Å²) in [6, 6.07) is 15.7. The van der Waals surface area contributed by atoms with Crippen LogP contribution in [0.1, 0.15) is 23.6 Å². The summed E-state index contributed by atoms with van der Waals surface area (Å²) >= 11 is 6.43. The van der Waals surface area contributed by atoms with Crippen molar-refractivity contribution in [2.75, 3.05) is 23.8 Å². The van der Waals surface area contributed by atoms with Crippen LogP contribution in [0.3, 0.4) is 0 Å². The highest BCUT2D eigenvalue weighted by Gasteiger charge is 2.17. The van der Waals surface area contributed by atoms with Gasteiger partial charge in [-0.2, -0.15) is 5.26 Å². The molecule has 3 rings (SSSR count). The predicted octanol–water partition coefficient (Wildman–Crippen LogP) is 5.83. The Morgan fingerprint density at radius 2 is 1.85 bits per heavy atom. The molecule has 2 N–H and O–H groups in total. The summed E-state index contributed by atoms with van der Waals surface area (Å²) in [6.45, 7) is 5.52. The number of rotatable bonds is 10. The molecule has 3 aromatic rings. The van der Waals surface area contributed by atoms with Crippen LogP contribution < -0.4 is 20.1 Å². The van der Waals surface area contributed by atoms with Gasteiger partial charge in [0.25, 0.3) is 17.5 Å². The topological polar surface area (TPSA) is 144 Å². The molecular weight excluding hydrogens is 524 g/mol. The zero-order valence-corrected chi connectivity index (χ0v) is 22.2. The maximum atomic E-state index is 12.7. The minimum Gasteiger partial charge on any atom is -0.490 e. The van der Waals surface area contributed by atoms with Gasteiger partial charge in [0.2, 0.25) is 0 Å². The van der Waals surface area contributed by atoms with Gasteiger partial charge in [-0.15, -0.1) is 0 Å². The molecule has 39 heavy (non-hydrogen) atoms. The maximum Gasteiger partial charge on any atom is 0.271 e. The van der Waals surface area contributed by atoms with Crippen LogP contribution in [-0.4, -0.2) is 30.0 Å². The van der Waals surface area contributed by atoms with Gasteiger partial charge in [-0.1, -0.05) is 29.8 Å². The van der Waals surface area contributed by atoms with Gasteiger partial charge in [0, 0.05) is 23.5 Å². The number of aryl methyl sites for hydroxylation is 1. The van der Waals surface area contributed by atoms with E-state index in [2.05, 4.69) is 10.6 Å². The van der Waals surface area contributed by atoms with Crippen molar-refractivity contribution in [3.63, 3.8) is 0 Å². The van der Waals surface area contributed by atoms with E-state index in [-0.39, 0.29) is 46.7 Å². The number of non-ortho nitro benzene ring substituents is 1. The lowest BCUT2D eigenvalue weighted by molar-refractivity contribution is -0.384. The summed E-state index contributed by atoms with van der Waals surface area (Å²) in [5.74, 6) is -0.815. The molecule has 0 fully saturated rings. The number of nitriles is 1. The molecule has 11 heteroatoms. The van der Waals surface area contributed by atoms with Crippen LogP contribution in [0.4, 0.5) is 17.1 Å². The Labute approximate surface area is 230 Å². The number of hydrogen-bond donors (Lipinski definition) is 2. The number of ether oxygens (including phenoxy) is 2. The molecule has 0 atom stereocenters. The van der Waals surface area contributed by atoms with E-state index in [1.807, 2.05) is 32.0 Å². The van der Waals surface area contributed by atoms with E-state index in [4.69, 9.17) is 21.1 Å². The third kappa shape index (κ3) is 7.56. The fourth-order valence-corrected chi connectivity index (χ4v) is 3.77. The van der Waals surface area contributed by atoms with Crippen LogP contribution in [0.15, 0.2) is 60.2 Å². The van der Waals surface area contributed by atoms with E-state index in [1.165, 1.54) is 42.5 Å². The molecule has 0 spiro atoms. The average molecular weight is 549 g/mol. The lowest BCUT2D eigenvalue weighted by Crippen LogP contribution is -2.21. The molecule has 0 heterocycles. The Morgan fingerprint density at radius 3 is 2.54 bits per heavy atom. The first-order valence-electron chi connectivity index (χ1n) is 11.8. The van der Waals surface area contributed by atoms with Crippen molar-refractivity contribution in [2.24, 2.45) is 0 Å². The molecule has 0 unspecified atom stereocenters. The number of nitrogens with zero attached hydrogens (tertiary/aromatic N) is 2. The average Bonchev–Trinajstić information content (AvgIpc) is 2.89. The second kappa shape index (κ2) is 13.1. The number of anilines is 2. The van der Waals surface area contributed by atoms with Crippen LogP contribution in [0.25, 0.3) is 6.08 Å². The fourth-order valence-electron chi connectivity index (χ4n) is 3.50. The standard InChI is InChI=1S/C28H25ClN4O6/c1-4-38-25-13-19(11-20(15-30)28(35)31-21-8-6-9-22(14-21)33(36)37)12-23(29)27(25)39-16-26(34)32-24-10-5-7-17(2)18(24)3/h5-14H,4,16H2,1-3H3,(H,31,35)(H,32,34)/b20-11-. The Kier molecular flexibility index (Phi) is 9.62. The molecule has 0 bridgehead atoms. The van der Waals surface area contributed by atoms with Crippen molar-refractivity contribution in [3.8, 4) is 17.6 Å². The maximum absolute atomic E-state index is 12.7. The molecule has 3 aromatic carbocycles. The van der Waals surface area contributed by atoms with Gasteiger partial charge in [0.15, 0.2) is 18.1 Å². The number of nitro benzene ring substituents is 1. The van der Waals surface area contributed by atoms with Gasteiger partial charge in [-0.3, -0.25) is 19.7 Å². The number of nitro groups is 1. The molecule has 200 valence electrons. The Hall–Kier alpha value is -4.88. The first kappa shape index (κ1) is 28.7. The Balaban J connectivity index is 1.79. The minimum atomic E-state index is -0.768. The normalized spacial score (nSPS) is 10.8. The highest BCUT2D eigenvalue weighted by atomic mass is 35.5. The number of carbonyl (C=O) groups excluding carboxylic acids is 2. The molecule has 0 aliphatic rings. The van der Waals surface area contributed by atoms with Gasteiger partial charge in [-0.05, 0) is 67.8 Å². The molecule has 0 aliphatic carbocycles. The third-order valence-electron chi connectivity index (χ3n) is 5.55. The first-order chi connectivity index (χ1) is 18.6. The largest absolute Gasteiger partial charge is 0.490 e. The van der Waals surface area contributed by atoms with Gasteiger partial charge in [0.05, 0.1) is 16.6 Å². The van der Waals surface area contributed by atoms with Crippen molar-refractivity contribution >= 4 is 46.6 Å². The summed E-state index contributed by atoms with van der Waals surface area (Å²) in [6.07, 6.45) is 1.29. The summed E-state index contributed by atoms with van der Waals surface area (Å²) in [5, 5.41) is 25.9. The molecular formula is C28H25ClN4O6. The van der Waals surface area contributed by atoms with Gasteiger partial charge in [-0.25, -0.2) is 0 Å². The SMILES string of the molecule is CCOc1cc(/C=C(/C#N)C(=O)Nc2cccc([N+](=O)[O-])c2)cc(Cl)c1OCC(=O)Nc1cccc(C)c1C. The zero-order chi connectivity index (χ0) is 28.5. The summed E-state index contributed by atoms with van der Waals surface area (Å²) in [5.41, 5.74) is 2.69. The number of amides is 2. The summed E-state index contributed by atoms with van der Waals surface area (Å²) in [7, 11) is 0. The van der Waals surface area contributed by atoms with Crippen LogP contribution >= 0.6 is 11.6 Å². The van der Waals surface area contributed by atoms with Crippen LogP contribution in [-0.2, 0) is 9.59 Å². The summed E-state index contributed by atoms with van der Waals surface area (Å²) in [4.78, 5) is 35.6. The van der Waals surface area contributed by atoms with E-state index < -0.39 is 16.7 Å².